The number of nitrogens with zero attached hydrogens (tertiary/aromatic N) is 2. The van der Waals surface area contributed by atoms with Crippen LogP contribution in [0.1, 0.15) is 35.2 Å². The first kappa shape index (κ1) is 16.5. The van der Waals surface area contributed by atoms with Gasteiger partial charge in [-0.15, -0.1) is 0 Å². The number of benzene rings is 1. The topological polar surface area (TPSA) is 90.3 Å². The predicted molar refractivity (Wildman–Crippen MR) is 82.7 cm³/mol. The normalized spacial score (nSPS) is 18.7. The third kappa shape index (κ3) is 4.29. The van der Waals surface area contributed by atoms with Gasteiger partial charge in [0.2, 0.25) is 10.0 Å². The molecular weight excluding hydrogens is 302 g/mol. The van der Waals surface area contributed by atoms with Gasteiger partial charge in [0.15, 0.2) is 0 Å². The van der Waals surface area contributed by atoms with E-state index in [0.717, 1.165) is 25.5 Å². The van der Waals surface area contributed by atoms with Gasteiger partial charge in [0.1, 0.15) is 0 Å². The number of amides is 1. The summed E-state index contributed by atoms with van der Waals surface area (Å²) in [5.41, 5.74) is 1.02. The summed E-state index contributed by atoms with van der Waals surface area (Å²) in [6.07, 6.45) is 3.79. The van der Waals surface area contributed by atoms with Crippen LogP contribution in [-0.2, 0) is 10.0 Å². The Morgan fingerprint density at radius 1 is 1.36 bits per heavy atom. The highest BCUT2D eigenvalue weighted by Crippen LogP contribution is 2.19. The van der Waals surface area contributed by atoms with Gasteiger partial charge >= 0.3 is 0 Å². The van der Waals surface area contributed by atoms with E-state index in [2.05, 4.69) is 4.72 Å². The molecule has 1 amide bonds. The number of piperidine rings is 1. The Hall–Kier alpha value is -1.91. The lowest BCUT2D eigenvalue weighted by Gasteiger charge is -2.35. The van der Waals surface area contributed by atoms with E-state index in [1.807, 2.05) is 6.07 Å². The molecule has 6 nitrogen and oxygen atoms in total. The highest BCUT2D eigenvalue weighted by molar-refractivity contribution is 7.88. The van der Waals surface area contributed by atoms with E-state index < -0.39 is 10.0 Å². The molecule has 1 fully saturated rings. The van der Waals surface area contributed by atoms with E-state index in [9.17, 15) is 13.2 Å². The largest absolute Gasteiger partial charge is 0.334 e. The average Bonchev–Trinajstić information content (AvgIpc) is 2.52. The predicted octanol–water partition coefficient (Wildman–Crippen LogP) is 1.10. The van der Waals surface area contributed by atoms with Crippen LogP contribution in [0, 0.1) is 11.3 Å². The summed E-state index contributed by atoms with van der Waals surface area (Å²) < 4.78 is 25.0. The molecule has 2 rings (SSSR count). The summed E-state index contributed by atoms with van der Waals surface area (Å²) in [7, 11) is -3.27. The van der Waals surface area contributed by atoms with Gasteiger partial charge in [-0.05, 0) is 43.5 Å². The van der Waals surface area contributed by atoms with Crippen LogP contribution in [0.3, 0.4) is 0 Å². The number of carbonyl (C=O) groups is 1. The molecule has 118 valence electrons. The molecule has 0 unspecified atom stereocenters. The third-order valence-corrected chi connectivity index (χ3v) is 4.42. The Morgan fingerprint density at radius 2 is 2.05 bits per heavy atom. The number of nitrogens with one attached hydrogen (secondary N) is 1. The zero-order chi connectivity index (χ0) is 16.2. The molecule has 1 aromatic carbocycles. The van der Waals surface area contributed by atoms with E-state index in [1.165, 1.54) is 0 Å². The maximum atomic E-state index is 12.6. The first-order valence-electron chi connectivity index (χ1n) is 7.16. The summed E-state index contributed by atoms with van der Waals surface area (Å²) in [6.45, 7) is 0.857. The van der Waals surface area contributed by atoms with Gasteiger partial charge in [-0.25, -0.2) is 13.1 Å². The van der Waals surface area contributed by atoms with Crippen molar-refractivity contribution in [3.05, 3.63) is 35.4 Å². The van der Waals surface area contributed by atoms with Gasteiger partial charge in [-0.3, -0.25) is 4.79 Å². The minimum Gasteiger partial charge on any atom is -0.334 e. The zero-order valence-corrected chi connectivity index (χ0v) is 13.3. The van der Waals surface area contributed by atoms with Gasteiger partial charge in [-0.2, -0.15) is 5.26 Å². The van der Waals surface area contributed by atoms with Crippen molar-refractivity contribution >= 4 is 15.9 Å². The maximum Gasteiger partial charge on any atom is 0.254 e. The van der Waals surface area contributed by atoms with Crippen LogP contribution in [0.25, 0.3) is 0 Å². The zero-order valence-electron chi connectivity index (χ0n) is 12.4. The quantitative estimate of drug-likeness (QED) is 0.899. The van der Waals surface area contributed by atoms with Crippen LogP contribution < -0.4 is 4.72 Å². The van der Waals surface area contributed by atoms with Crippen LogP contribution in [0.5, 0.6) is 0 Å². The highest BCUT2D eigenvalue weighted by Gasteiger charge is 2.27. The van der Waals surface area contributed by atoms with Crippen LogP contribution in [-0.4, -0.2) is 44.6 Å². The van der Waals surface area contributed by atoms with Crippen LogP contribution in [0.4, 0.5) is 0 Å². The fraction of sp³-hybridized carbons (Fsp3) is 0.467. The Kier molecular flexibility index (Phi) is 5.16. The van der Waals surface area contributed by atoms with Crippen LogP contribution in [0.15, 0.2) is 24.3 Å². The van der Waals surface area contributed by atoms with Gasteiger partial charge in [-0.1, -0.05) is 0 Å². The number of nitriles is 1. The maximum absolute atomic E-state index is 12.6. The van der Waals surface area contributed by atoms with E-state index >= 15 is 0 Å². The number of hydrogen-bond acceptors (Lipinski definition) is 4. The second-order valence-corrected chi connectivity index (χ2v) is 7.29. The van der Waals surface area contributed by atoms with E-state index in [1.54, 1.807) is 29.2 Å². The standard InChI is InChI=1S/C15H19N3O3S/c1-22(20,21)17-11-14-4-2-3-9-18(14)15(19)13-7-5-12(10-16)6-8-13/h5-8,14,17H,2-4,9,11H2,1H3/t14-/m1/s1. The molecule has 0 spiro atoms. The van der Waals surface area contributed by atoms with Crippen molar-refractivity contribution in [3.8, 4) is 6.07 Å². The molecule has 0 aliphatic carbocycles. The smallest absolute Gasteiger partial charge is 0.254 e. The lowest BCUT2D eigenvalue weighted by Crippen LogP contribution is -2.49. The molecule has 1 aliphatic rings. The minimum atomic E-state index is -3.27. The van der Waals surface area contributed by atoms with E-state index in [0.29, 0.717) is 17.7 Å². The summed E-state index contributed by atoms with van der Waals surface area (Å²) in [5.74, 6) is -0.121. The van der Waals surface area contributed by atoms with Crippen molar-refractivity contribution in [2.24, 2.45) is 0 Å². The third-order valence-electron chi connectivity index (χ3n) is 3.73. The van der Waals surface area contributed by atoms with E-state index in [4.69, 9.17) is 5.26 Å². The van der Waals surface area contributed by atoms with Crippen LogP contribution >= 0.6 is 0 Å². The fourth-order valence-corrected chi connectivity index (χ4v) is 3.08. The van der Waals surface area contributed by atoms with Gasteiger partial charge in [0.05, 0.1) is 17.9 Å². The number of likely N-dealkylation sites (tertiary alicyclic amines) is 1. The van der Waals surface area contributed by atoms with Gasteiger partial charge in [0, 0.05) is 24.7 Å². The molecule has 22 heavy (non-hydrogen) atoms. The molecule has 0 radical (unpaired) electrons. The van der Waals surface area contributed by atoms with E-state index in [-0.39, 0.29) is 18.5 Å². The summed E-state index contributed by atoms with van der Waals surface area (Å²) in [6, 6.07) is 8.38. The summed E-state index contributed by atoms with van der Waals surface area (Å²) >= 11 is 0. The van der Waals surface area contributed by atoms with Gasteiger partial charge < -0.3 is 4.90 Å². The Labute approximate surface area is 130 Å². The van der Waals surface area contributed by atoms with Crippen molar-refractivity contribution in [1.82, 2.24) is 9.62 Å². The Bertz CT molecular complexity index is 677. The number of rotatable bonds is 4. The molecule has 1 aromatic rings. The molecule has 1 aliphatic heterocycles. The monoisotopic (exact) mass is 321 g/mol. The van der Waals surface area contributed by atoms with Crippen molar-refractivity contribution in [1.29, 1.82) is 5.26 Å². The molecule has 1 N–H and O–H groups in total. The Morgan fingerprint density at radius 3 is 2.64 bits per heavy atom. The van der Waals surface area contributed by atoms with Crippen molar-refractivity contribution in [3.63, 3.8) is 0 Å². The lowest BCUT2D eigenvalue weighted by atomic mass is 10.0. The molecule has 1 saturated heterocycles. The Balaban J connectivity index is 2.12. The lowest BCUT2D eigenvalue weighted by molar-refractivity contribution is 0.0619. The second kappa shape index (κ2) is 6.90. The van der Waals surface area contributed by atoms with Gasteiger partial charge in [0.25, 0.3) is 5.91 Å². The average molecular weight is 321 g/mol. The highest BCUT2D eigenvalue weighted by atomic mass is 32.2. The van der Waals surface area contributed by atoms with Crippen LogP contribution in [0.2, 0.25) is 0 Å². The first-order chi connectivity index (χ1) is 10.4. The molecule has 0 saturated carbocycles. The van der Waals surface area contributed by atoms with Crippen molar-refractivity contribution in [2.45, 2.75) is 25.3 Å². The second-order valence-electron chi connectivity index (χ2n) is 5.46. The first-order valence-corrected chi connectivity index (χ1v) is 9.05. The number of carbonyl (C=O) groups excluding carboxylic acids is 1. The number of hydrogen-bond donors (Lipinski definition) is 1. The van der Waals surface area contributed by atoms with Crippen molar-refractivity contribution in [2.75, 3.05) is 19.3 Å². The molecule has 0 bridgehead atoms. The molecular formula is C15H19N3O3S. The molecule has 1 atom stereocenters. The summed E-state index contributed by atoms with van der Waals surface area (Å²) in [5, 5.41) is 8.79. The fourth-order valence-electron chi connectivity index (χ4n) is 2.58. The molecule has 7 heteroatoms. The molecule has 0 aromatic heterocycles. The SMILES string of the molecule is CS(=O)(=O)NC[C@H]1CCCCN1C(=O)c1ccc(C#N)cc1. The summed E-state index contributed by atoms with van der Waals surface area (Å²) in [4.78, 5) is 14.3. The number of sulfonamides is 1. The van der Waals surface area contributed by atoms with Crippen molar-refractivity contribution < 1.29 is 13.2 Å². The minimum absolute atomic E-state index is 0.121. The molecule has 1 heterocycles.